The van der Waals surface area contributed by atoms with Crippen molar-refractivity contribution in [3.8, 4) is 0 Å². The van der Waals surface area contributed by atoms with E-state index >= 15 is 0 Å². The predicted molar refractivity (Wildman–Crippen MR) is 14.3 cm³/mol. The van der Waals surface area contributed by atoms with Gasteiger partial charge in [-0.2, -0.15) is 0 Å². The van der Waals surface area contributed by atoms with Crippen LogP contribution in [0.25, 0.3) is 0 Å². The summed E-state index contributed by atoms with van der Waals surface area (Å²) in [6, 6.07) is 0. The fourth-order valence-corrected chi connectivity index (χ4v) is 0. The molecule has 3 N–H and O–H groups in total. The van der Waals surface area contributed by atoms with Crippen molar-refractivity contribution in [2.75, 3.05) is 0 Å². The third kappa shape index (κ3) is 146. The summed E-state index contributed by atoms with van der Waals surface area (Å²) in [6.07, 6.45) is 0. The molecular weight excluding hydrogens is 217 g/mol. The smallest absolute Gasteiger partial charge is 0.303 e. The molecule has 0 amide bonds. The fourth-order valence-electron chi connectivity index (χ4n) is 0. The van der Waals surface area contributed by atoms with Gasteiger partial charge in [0.05, 0.1) is 0 Å². The van der Waals surface area contributed by atoms with Crippen LogP contribution in [0.15, 0.2) is 0 Å². The monoisotopic (exact) mass is 220 g/mol. The van der Waals surface area contributed by atoms with Gasteiger partial charge in [0, 0.05) is 33.8 Å². The van der Waals surface area contributed by atoms with E-state index in [1.165, 1.54) is 0 Å². The van der Waals surface area contributed by atoms with Crippen molar-refractivity contribution in [3.63, 3.8) is 0 Å². The second kappa shape index (κ2) is 5.28. The van der Waals surface area contributed by atoms with E-state index in [9.17, 15) is 0 Å². The molecule has 0 aromatic rings. The maximum atomic E-state index is 8.88. The summed E-state index contributed by atoms with van der Waals surface area (Å²) in [7, 11) is -4.64. The number of phosphoric acid groups is 1. The molecule has 0 aromatic heterocycles. The van der Waals surface area contributed by atoms with Crippen LogP contribution < -0.4 is 0 Å². The van der Waals surface area contributed by atoms with Gasteiger partial charge in [-0.3, -0.25) is 0 Å². The van der Waals surface area contributed by atoms with E-state index in [1.807, 2.05) is 0 Å². The van der Waals surface area contributed by atoms with Gasteiger partial charge in [-0.1, -0.05) is 0 Å². The Labute approximate surface area is 61.2 Å². The first-order valence-electron chi connectivity index (χ1n) is 0.783. The van der Waals surface area contributed by atoms with Gasteiger partial charge in [0.25, 0.3) is 0 Å². The van der Waals surface area contributed by atoms with Gasteiger partial charge in [-0.15, -0.1) is 0 Å². The Morgan fingerprint density at radius 3 is 1.14 bits per heavy atom. The Morgan fingerprint density at radius 1 is 1.14 bits per heavy atom. The second-order valence-corrected chi connectivity index (χ2v) is 1.54. The van der Waals surface area contributed by atoms with E-state index in [0.717, 1.165) is 0 Å². The van der Waals surface area contributed by atoms with E-state index < -0.39 is 7.82 Å². The summed E-state index contributed by atoms with van der Waals surface area (Å²) < 4.78 is 8.88. The summed E-state index contributed by atoms with van der Waals surface area (Å²) in [4.78, 5) is 21.6. The van der Waals surface area contributed by atoms with E-state index in [1.54, 1.807) is 0 Å². The molecule has 4 nitrogen and oxygen atoms in total. The van der Waals surface area contributed by atoms with E-state index in [2.05, 4.69) is 0 Å². The Balaban J connectivity index is -0.0000000800. The van der Waals surface area contributed by atoms with Gasteiger partial charge >= 0.3 is 7.82 Å². The molecule has 0 aromatic carbocycles. The SMILES string of the molecule is O=P(O)(O)O.[Co].[Cu]. The number of hydrogen-bond donors (Lipinski definition) is 3. The molecule has 0 saturated heterocycles. The molecule has 0 bridgehead atoms. The third-order valence-electron chi connectivity index (χ3n) is 0. The van der Waals surface area contributed by atoms with Gasteiger partial charge in [-0.25, -0.2) is 4.57 Å². The molecule has 0 rings (SSSR count). The van der Waals surface area contributed by atoms with Crippen molar-refractivity contribution in [2.45, 2.75) is 0 Å². The zero-order valence-corrected chi connectivity index (χ0v) is 5.71. The zero-order chi connectivity index (χ0) is 4.50. The minimum Gasteiger partial charge on any atom is -0.303 e. The average molecular weight is 220 g/mol. The van der Waals surface area contributed by atoms with Crippen LogP contribution in [0.5, 0.6) is 0 Å². The standard InChI is InChI=1S/Co.Cu.H3O4P/c;;1-5(2,3)4/h;;(H3,1,2,3,4). The summed E-state index contributed by atoms with van der Waals surface area (Å²) in [5, 5.41) is 0. The zero-order valence-electron chi connectivity index (χ0n) is 2.83. The van der Waals surface area contributed by atoms with Crippen LogP contribution in [0.3, 0.4) is 0 Å². The van der Waals surface area contributed by atoms with E-state index in [4.69, 9.17) is 19.2 Å². The van der Waals surface area contributed by atoms with Crippen LogP contribution in [-0.4, -0.2) is 14.7 Å². The summed E-state index contributed by atoms with van der Waals surface area (Å²) in [5.74, 6) is 0. The fraction of sp³-hybridized carbons (Fsp3) is 0. The Hall–Kier alpha value is 1.14. The Kier molecular flexibility index (Phi) is 11.8. The van der Waals surface area contributed by atoms with E-state index in [0.29, 0.717) is 0 Å². The first kappa shape index (κ1) is 15.7. The molecule has 0 saturated carbocycles. The maximum absolute atomic E-state index is 8.88. The molecule has 7 heteroatoms. The second-order valence-electron chi connectivity index (χ2n) is 0.513. The van der Waals surface area contributed by atoms with Crippen LogP contribution in [0.1, 0.15) is 0 Å². The van der Waals surface area contributed by atoms with Crippen molar-refractivity contribution in [1.29, 1.82) is 0 Å². The first-order valence-corrected chi connectivity index (χ1v) is 2.35. The normalized spacial score (nSPS) is 8.43. The molecule has 0 aliphatic rings. The topological polar surface area (TPSA) is 77.8 Å². The predicted octanol–water partition coefficient (Wildman–Crippen LogP) is -0.934. The minimum atomic E-state index is -4.64. The largest absolute Gasteiger partial charge is 0.466 e. The Bertz CT molecular complexity index is 57.8. The van der Waals surface area contributed by atoms with Crippen LogP contribution in [0.4, 0.5) is 0 Å². The summed E-state index contributed by atoms with van der Waals surface area (Å²) >= 11 is 0. The summed E-state index contributed by atoms with van der Waals surface area (Å²) in [6.45, 7) is 0. The molecule has 0 fully saturated rings. The van der Waals surface area contributed by atoms with Crippen LogP contribution in [-0.2, 0) is 38.4 Å². The quantitative estimate of drug-likeness (QED) is 0.364. The van der Waals surface area contributed by atoms with Crippen molar-refractivity contribution in [1.82, 2.24) is 0 Å². The number of hydrogen-bond acceptors (Lipinski definition) is 1. The van der Waals surface area contributed by atoms with Gasteiger partial charge in [-0.05, 0) is 0 Å². The first-order chi connectivity index (χ1) is 2.00. The van der Waals surface area contributed by atoms with E-state index in [-0.39, 0.29) is 33.8 Å². The third-order valence-corrected chi connectivity index (χ3v) is 0. The average Bonchev–Trinajstić information content (AvgIpc) is 0.722. The molecule has 0 spiro atoms. The molecule has 0 aliphatic heterocycles. The van der Waals surface area contributed by atoms with Crippen LogP contribution >= 0.6 is 7.82 Å². The van der Waals surface area contributed by atoms with Crippen molar-refractivity contribution < 1.29 is 53.1 Å². The van der Waals surface area contributed by atoms with Crippen molar-refractivity contribution in [3.05, 3.63) is 0 Å². The van der Waals surface area contributed by atoms with Gasteiger partial charge in [0.15, 0.2) is 0 Å². The van der Waals surface area contributed by atoms with Gasteiger partial charge in [0.1, 0.15) is 0 Å². The minimum absolute atomic E-state index is 0. The van der Waals surface area contributed by atoms with Crippen molar-refractivity contribution >= 4 is 7.82 Å². The molecule has 0 heterocycles. The molecule has 2 radical (unpaired) electrons. The molecule has 0 aliphatic carbocycles. The molecule has 7 heavy (non-hydrogen) atoms. The molecular formula is H3CoCuO4P. The molecule has 0 unspecified atom stereocenters. The Morgan fingerprint density at radius 2 is 1.14 bits per heavy atom. The van der Waals surface area contributed by atoms with Gasteiger partial charge < -0.3 is 14.7 Å². The molecule has 0 atom stereocenters. The van der Waals surface area contributed by atoms with Gasteiger partial charge in [0.2, 0.25) is 0 Å². The van der Waals surface area contributed by atoms with Crippen molar-refractivity contribution in [2.24, 2.45) is 0 Å². The molecule has 52 valence electrons. The van der Waals surface area contributed by atoms with Crippen LogP contribution in [0, 0.1) is 0 Å². The van der Waals surface area contributed by atoms with Crippen LogP contribution in [0.2, 0.25) is 0 Å². The maximum Gasteiger partial charge on any atom is 0.466 e. The summed E-state index contributed by atoms with van der Waals surface area (Å²) in [5.41, 5.74) is 0. The number of rotatable bonds is 0.